The molecule has 0 saturated heterocycles. The lowest BCUT2D eigenvalue weighted by atomic mass is 10.2. The van der Waals surface area contributed by atoms with Crippen molar-refractivity contribution in [1.82, 2.24) is 4.57 Å². The van der Waals surface area contributed by atoms with E-state index in [1.807, 2.05) is 13.0 Å². The predicted octanol–water partition coefficient (Wildman–Crippen LogP) is 0.862. The van der Waals surface area contributed by atoms with Gasteiger partial charge in [0.2, 0.25) is 0 Å². The Bertz CT molecular complexity index is 366. The van der Waals surface area contributed by atoms with Crippen molar-refractivity contribution in [3.63, 3.8) is 0 Å². The second-order valence-corrected chi connectivity index (χ2v) is 3.09. The third-order valence-electron chi connectivity index (χ3n) is 2.19. The van der Waals surface area contributed by atoms with Crippen LogP contribution >= 0.6 is 0 Å². The maximum atomic E-state index is 11.3. The minimum atomic E-state index is -0.373. The number of aryl methyl sites for hydroxylation is 1. The molecule has 1 rings (SSSR count). The first-order valence-corrected chi connectivity index (χ1v) is 4.29. The number of hydrogen-bond acceptors (Lipinski definition) is 3. The molecule has 0 aliphatic rings. The van der Waals surface area contributed by atoms with E-state index in [9.17, 15) is 9.59 Å². The summed E-state index contributed by atoms with van der Waals surface area (Å²) in [6, 6.07) is 1.82. The second kappa shape index (κ2) is 4.09. The molecule has 1 aromatic heterocycles. The van der Waals surface area contributed by atoms with E-state index >= 15 is 0 Å². The summed E-state index contributed by atoms with van der Waals surface area (Å²) < 4.78 is 6.33. The third kappa shape index (κ3) is 1.69. The van der Waals surface area contributed by atoms with Gasteiger partial charge in [-0.05, 0) is 18.6 Å². The Labute approximate surface area is 82.5 Å². The molecule has 1 heterocycles. The van der Waals surface area contributed by atoms with Crippen LogP contribution in [0.3, 0.4) is 0 Å². The van der Waals surface area contributed by atoms with Gasteiger partial charge in [0.05, 0.1) is 7.11 Å². The number of aromatic nitrogens is 1. The van der Waals surface area contributed by atoms with Gasteiger partial charge in [0.1, 0.15) is 12.0 Å². The molecule has 0 unspecified atom stereocenters. The summed E-state index contributed by atoms with van der Waals surface area (Å²) >= 11 is 0. The fourth-order valence-corrected chi connectivity index (χ4v) is 1.50. The van der Waals surface area contributed by atoms with Crippen LogP contribution in [0.2, 0.25) is 0 Å². The summed E-state index contributed by atoms with van der Waals surface area (Å²) in [6.07, 6.45) is 1.13. The number of hydrogen-bond donors (Lipinski definition) is 0. The summed E-state index contributed by atoms with van der Waals surface area (Å²) in [4.78, 5) is 21.7. The van der Waals surface area contributed by atoms with Crippen LogP contribution in [0.1, 0.15) is 21.7 Å². The Hall–Kier alpha value is -1.58. The Kier molecular flexibility index (Phi) is 3.06. The second-order valence-electron chi connectivity index (χ2n) is 3.09. The standard InChI is InChI=1S/C10H13NO3/c1-7-6-8(4-5-12)11(2)9(7)10(13)14-3/h5-6H,4H2,1-3H3. The first-order valence-electron chi connectivity index (χ1n) is 4.29. The molecule has 0 atom stereocenters. The molecule has 0 spiro atoms. The van der Waals surface area contributed by atoms with Gasteiger partial charge in [-0.1, -0.05) is 0 Å². The number of nitrogens with zero attached hydrogens (tertiary/aromatic N) is 1. The number of aldehydes is 1. The highest BCUT2D eigenvalue weighted by Gasteiger charge is 2.16. The van der Waals surface area contributed by atoms with Crippen molar-refractivity contribution in [2.45, 2.75) is 13.3 Å². The maximum Gasteiger partial charge on any atom is 0.354 e. The first kappa shape index (κ1) is 10.5. The molecule has 0 aromatic carbocycles. The van der Waals surface area contributed by atoms with Crippen molar-refractivity contribution < 1.29 is 14.3 Å². The summed E-state index contributed by atoms with van der Waals surface area (Å²) in [7, 11) is 3.09. The van der Waals surface area contributed by atoms with Crippen molar-refractivity contribution in [2.24, 2.45) is 7.05 Å². The van der Waals surface area contributed by atoms with Crippen molar-refractivity contribution in [3.8, 4) is 0 Å². The molecular weight excluding hydrogens is 182 g/mol. The van der Waals surface area contributed by atoms with E-state index in [1.165, 1.54) is 7.11 Å². The highest BCUT2D eigenvalue weighted by Crippen LogP contribution is 2.14. The van der Waals surface area contributed by atoms with E-state index < -0.39 is 0 Å². The molecule has 14 heavy (non-hydrogen) atoms. The Morgan fingerprint density at radius 3 is 2.79 bits per heavy atom. The summed E-state index contributed by atoms with van der Waals surface area (Å²) in [5.74, 6) is -0.373. The monoisotopic (exact) mass is 195 g/mol. The highest BCUT2D eigenvalue weighted by atomic mass is 16.5. The Morgan fingerprint density at radius 2 is 2.29 bits per heavy atom. The minimum absolute atomic E-state index is 0.314. The van der Waals surface area contributed by atoms with Gasteiger partial charge in [-0.3, -0.25) is 0 Å². The van der Waals surface area contributed by atoms with Crippen LogP contribution < -0.4 is 0 Å². The number of ether oxygens (including phenoxy) is 1. The van der Waals surface area contributed by atoms with E-state index in [2.05, 4.69) is 4.74 Å². The van der Waals surface area contributed by atoms with Crippen molar-refractivity contribution in [2.75, 3.05) is 7.11 Å². The molecule has 76 valence electrons. The first-order chi connectivity index (χ1) is 6.61. The molecule has 0 N–H and O–H groups in total. The van der Waals surface area contributed by atoms with Crippen LogP contribution in [0.4, 0.5) is 0 Å². The summed E-state index contributed by atoms with van der Waals surface area (Å²) in [6.45, 7) is 1.82. The SMILES string of the molecule is COC(=O)c1c(C)cc(CC=O)n1C. The molecule has 4 heteroatoms. The van der Waals surface area contributed by atoms with Gasteiger partial charge in [-0.2, -0.15) is 0 Å². The fourth-order valence-electron chi connectivity index (χ4n) is 1.50. The zero-order valence-electron chi connectivity index (χ0n) is 8.53. The van der Waals surface area contributed by atoms with Crippen LogP contribution in [-0.2, 0) is 23.0 Å². The van der Waals surface area contributed by atoms with Gasteiger partial charge in [0.15, 0.2) is 0 Å². The van der Waals surface area contributed by atoms with Crippen LogP contribution in [-0.4, -0.2) is 23.9 Å². The molecule has 0 bridgehead atoms. The predicted molar refractivity (Wildman–Crippen MR) is 51.3 cm³/mol. The smallest absolute Gasteiger partial charge is 0.354 e. The molecule has 0 radical (unpaired) electrons. The lowest BCUT2D eigenvalue weighted by Gasteiger charge is -2.04. The van der Waals surface area contributed by atoms with Crippen LogP contribution in [0.15, 0.2) is 6.07 Å². The zero-order chi connectivity index (χ0) is 10.7. The van der Waals surface area contributed by atoms with Gasteiger partial charge in [0.25, 0.3) is 0 Å². The van der Waals surface area contributed by atoms with Gasteiger partial charge in [0, 0.05) is 19.2 Å². The third-order valence-corrected chi connectivity index (χ3v) is 2.19. The average molecular weight is 195 g/mol. The number of carbonyl (C=O) groups excluding carboxylic acids is 2. The number of esters is 1. The largest absolute Gasteiger partial charge is 0.464 e. The lowest BCUT2D eigenvalue weighted by molar-refractivity contribution is -0.107. The van der Waals surface area contributed by atoms with Crippen molar-refractivity contribution in [1.29, 1.82) is 0 Å². The van der Waals surface area contributed by atoms with Crippen LogP contribution in [0.25, 0.3) is 0 Å². The van der Waals surface area contributed by atoms with E-state index in [0.717, 1.165) is 17.5 Å². The zero-order valence-corrected chi connectivity index (χ0v) is 8.53. The number of rotatable bonds is 3. The molecule has 0 aliphatic heterocycles. The molecule has 0 amide bonds. The average Bonchev–Trinajstić information content (AvgIpc) is 2.42. The molecule has 1 aromatic rings. The minimum Gasteiger partial charge on any atom is -0.464 e. The Balaban J connectivity index is 3.17. The fraction of sp³-hybridized carbons (Fsp3) is 0.400. The van der Waals surface area contributed by atoms with Gasteiger partial charge in [-0.25, -0.2) is 4.79 Å². The van der Waals surface area contributed by atoms with Gasteiger partial charge < -0.3 is 14.1 Å². The topological polar surface area (TPSA) is 48.3 Å². The van der Waals surface area contributed by atoms with E-state index in [0.29, 0.717) is 12.1 Å². The highest BCUT2D eigenvalue weighted by molar-refractivity contribution is 5.89. The van der Waals surface area contributed by atoms with Crippen molar-refractivity contribution in [3.05, 3.63) is 23.0 Å². The van der Waals surface area contributed by atoms with Gasteiger partial charge >= 0.3 is 5.97 Å². The van der Waals surface area contributed by atoms with E-state index in [1.54, 1.807) is 11.6 Å². The van der Waals surface area contributed by atoms with E-state index in [-0.39, 0.29) is 5.97 Å². The molecular formula is C10H13NO3. The van der Waals surface area contributed by atoms with E-state index in [4.69, 9.17) is 0 Å². The van der Waals surface area contributed by atoms with Crippen LogP contribution in [0.5, 0.6) is 0 Å². The van der Waals surface area contributed by atoms with Crippen LogP contribution in [0, 0.1) is 6.92 Å². The molecule has 0 saturated carbocycles. The number of methoxy groups -OCH3 is 1. The van der Waals surface area contributed by atoms with Crippen molar-refractivity contribution >= 4 is 12.3 Å². The lowest BCUT2D eigenvalue weighted by Crippen LogP contribution is -2.10. The maximum absolute atomic E-state index is 11.3. The van der Waals surface area contributed by atoms with Gasteiger partial charge in [-0.15, -0.1) is 0 Å². The molecule has 0 fully saturated rings. The summed E-state index contributed by atoms with van der Waals surface area (Å²) in [5, 5.41) is 0. The molecule has 4 nitrogen and oxygen atoms in total. The quantitative estimate of drug-likeness (QED) is 0.531. The molecule has 0 aliphatic carbocycles. The summed E-state index contributed by atoms with van der Waals surface area (Å²) in [5.41, 5.74) is 2.15. The normalized spacial score (nSPS) is 9.93. The number of carbonyl (C=O) groups is 2. The Morgan fingerprint density at radius 1 is 1.64 bits per heavy atom.